The molecule has 3 heterocycles. The van der Waals surface area contributed by atoms with Crippen LogP contribution >= 0.6 is 0 Å². The van der Waals surface area contributed by atoms with Gasteiger partial charge in [0.1, 0.15) is 5.78 Å². The molecule has 4 nitrogen and oxygen atoms in total. The van der Waals surface area contributed by atoms with Crippen molar-refractivity contribution < 1.29 is 14.3 Å². The summed E-state index contributed by atoms with van der Waals surface area (Å²) in [6.45, 7) is 1.37. The van der Waals surface area contributed by atoms with Crippen LogP contribution < -0.4 is 9.47 Å². The lowest BCUT2D eigenvalue weighted by Gasteiger charge is -2.33. The third kappa shape index (κ3) is 2.08. The van der Waals surface area contributed by atoms with Gasteiger partial charge in [-0.2, -0.15) is 0 Å². The van der Waals surface area contributed by atoms with Crippen LogP contribution in [-0.4, -0.2) is 36.1 Å². The number of rotatable bonds is 3. The number of Topliss-reactive ketones (excluding diaryl/α,β-unsaturated/α-hetero) is 1. The third-order valence-electron chi connectivity index (χ3n) is 4.79. The lowest BCUT2D eigenvalue weighted by molar-refractivity contribution is -0.123. The topological polar surface area (TPSA) is 38.8 Å². The molecule has 106 valence electrons. The van der Waals surface area contributed by atoms with E-state index in [9.17, 15) is 4.79 Å². The van der Waals surface area contributed by atoms with E-state index in [-0.39, 0.29) is 0 Å². The second-order valence-corrected chi connectivity index (χ2v) is 6.01. The zero-order valence-electron chi connectivity index (χ0n) is 11.5. The molecule has 3 aliphatic rings. The van der Waals surface area contributed by atoms with Crippen molar-refractivity contribution in [3.8, 4) is 11.5 Å². The van der Waals surface area contributed by atoms with Crippen molar-refractivity contribution in [1.29, 1.82) is 0 Å². The molecule has 2 atom stereocenters. The van der Waals surface area contributed by atoms with Gasteiger partial charge in [0, 0.05) is 31.5 Å². The van der Waals surface area contributed by atoms with E-state index in [1.165, 1.54) is 18.4 Å². The van der Waals surface area contributed by atoms with Crippen molar-refractivity contribution >= 4 is 5.78 Å². The molecule has 0 aromatic heterocycles. The van der Waals surface area contributed by atoms with E-state index in [2.05, 4.69) is 17.0 Å². The maximum atomic E-state index is 11.6. The molecule has 0 saturated carbocycles. The largest absolute Gasteiger partial charge is 0.454 e. The number of fused-ring (bicyclic) bond motifs is 3. The van der Waals surface area contributed by atoms with Gasteiger partial charge >= 0.3 is 0 Å². The molecule has 1 aromatic rings. The Morgan fingerprint density at radius 1 is 1.10 bits per heavy atom. The molecule has 4 rings (SSSR count). The molecule has 2 fully saturated rings. The Hall–Kier alpha value is -1.55. The minimum absolute atomic E-state index is 0.331. The first-order chi connectivity index (χ1) is 9.79. The number of carbonyl (C=O) groups excluding carboxylic acids is 1. The van der Waals surface area contributed by atoms with Crippen molar-refractivity contribution in [1.82, 2.24) is 4.90 Å². The minimum atomic E-state index is 0.331. The first-order valence-electron chi connectivity index (χ1n) is 7.45. The van der Waals surface area contributed by atoms with Crippen molar-refractivity contribution in [2.24, 2.45) is 0 Å². The molecule has 0 spiro atoms. The van der Waals surface area contributed by atoms with Gasteiger partial charge in [-0.15, -0.1) is 0 Å². The Labute approximate surface area is 118 Å². The van der Waals surface area contributed by atoms with Gasteiger partial charge in [-0.1, -0.05) is 6.07 Å². The van der Waals surface area contributed by atoms with E-state index >= 15 is 0 Å². The van der Waals surface area contributed by atoms with Gasteiger partial charge in [-0.05, 0) is 37.0 Å². The highest BCUT2D eigenvalue weighted by molar-refractivity contribution is 5.80. The molecule has 3 aliphatic heterocycles. The number of benzene rings is 1. The van der Waals surface area contributed by atoms with Crippen LogP contribution in [0.1, 0.15) is 31.2 Å². The van der Waals surface area contributed by atoms with Crippen LogP contribution in [0.5, 0.6) is 11.5 Å². The molecule has 0 N–H and O–H groups in total. The number of hydrogen-bond donors (Lipinski definition) is 0. The smallest absolute Gasteiger partial charge is 0.231 e. The van der Waals surface area contributed by atoms with Crippen molar-refractivity contribution in [2.75, 3.05) is 13.3 Å². The first-order valence-corrected chi connectivity index (χ1v) is 7.45. The highest BCUT2D eigenvalue weighted by Gasteiger charge is 2.39. The lowest BCUT2D eigenvalue weighted by Crippen LogP contribution is -2.44. The number of ether oxygens (including phenoxy) is 2. The zero-order chi connectivity index (χ0) is 13.5. The fourth-order valence-electron chi connectivity index (χ4n) is 3.78. The molecule has 2 bridgehead atoms. The second kappa shape index (κ2) is 4.77. The Kier molecular flexibility index (Phi) is 2.91. The van der Waals surface area contributed by atoms with Gasteiger partial charge in [0.25, 0.3) is 0 Å². The van der Waals surface area contributed by atoms with E-state index in [0.717, 1.165) is 37.3 Å². The number of carbonyl (C=O) groups is 1. The molecule has 0 radical (unpaired) electrons. The van der Waals surface area contributed by atoms with Gasteiger partial charge < -0.3 is 9.47 Å². The minimum Gasteiger partial charge on any atom is -0.454 e. The van der Waals surface area contributed by atoms with Gasteiger partial charge in [0.2, 0.25) is 6.79 Å². The van der Waals surface area contributed by atoms with Gasteiger partial charge in [0.05, 0.1) is 0 Å². The van der Waals surface area contributed by atoms with Gasteiger partial charge in [-0.25, -0.2) is 0 Å². The van der Waals surface area contributed by atoms with E-state index in [0.29, 0.717) is 24.7 Å². The number of ketones is 1. The maximum absolute atomic E-state index is 11.6. The average molecular weight is 273 g/mol. The summed E-state index contributed by atoms with van der Waals surface area (Å²) in [6.07, 6.45) is 4.92. The normalized spacial score (nSPS) is 28.1. The molecule has 4 heteroatoms. The fraction of sp³-hybridized carbons (Fsp3) is 0.562. The van der Waals surface area contributed by atoms with Crippen molar-refractivity contribution in [2.45, 2.75) is 44.2 Å². The number of hydrogen-bond acceptors (Lipinski definition) is 4. The summed E-state index contributed by atoms with van der Waals surface area (Å²) in [5.74, 6) is 2.16. The van der Waals surface area contributed by atoms with E-state index < -0.39 is 0 Å². The predicted molar refractivity (Wildman–Crippen MR) is 74.0 cm³/mol. The third-order valence-corrected chi connectivity index (χ3v) is 4.79. The quantitative estimate of drug-likeness (QED) is 0.846. The predicted octanol–water partition coefficient (Wildman–Crippen LogP) is 2.15. The van der Waals surface area contributed by atoms with Crippen LogP contribution in [0.15, 0.2) is 18.2 Å². The second-order valence-electron chi connectivity index (χ2n) is 6.01. The van der Waals surface area contributed by atoms with Crippen LogP contribution in [0.2, 0.25) is 0 Å². The molecule has 2 unspecified atom stereocenters. The summed E-state index contributed by atoms with van der Waals surface area (Å²) in [7, 11) is 0. The van der Waals surface area contributed by atoms with Gasteiger partial charge in [0.15, 0.2) is 11.5 Å². The summed E-state index contributed by atoms with van der Waals surface area (Å²) in [4.78, 5) is 14.2. The zero-order valence-corrected chi connectivity index (χ0v) is 11.5. The highest BCUT2D eigenvalue weighted by atomic mass is 16.7. The first kappa shape index (κ1) is 12.2. The monoisotopic (exact) mass is 273 g/mol. The SMILES string of the molecule is O=C1CC2CCC(C1)N2CCc1ccc2c(c1)OCO2. The molecular weight excluding hydrogens is 254 g/mol. The van der Waals surface area contributed by atoms with Crippen LogP contribution in [0.3, 0.4) is 0 Å². The lowest BCUT2D eigenvalue weighted by atomic mass is 10.0. The molecule has 1 aromatic carbocycles. The van der Waals surface area contributed by atoms with Crippen LogP contribution in [-0.2, 0) is 11.2 Å². The Bertz CT molecular complexity index is 527. The standard InChI is InChI=1S/C16H19NO3/c18-14-8-12-2-3-13(9-14)17(12)6-5-11-1-4-15-16(7-11)20-10-19-15/h1,4,7,12-13H,2-3,5-6,8-10H2. The molecule has 2 saturated heterocycles. The molecule has 0 amide bonds. The summed E-state index contributed by atoms with van der Waals surface area (Å²) >= 11 is 0. The Balaban J connectivity index is 1.42. The number of piperidine rings is 1. The maximum Gasteiger partial charge on any atom is 0.231 e. The highest BCUT2D eigenvalue weighted by Crippen LogP contribution is 2.35. The average Bonchev–Trinajstić information content (AvgIpc) is 2.99. The Morgan fingerprint density at radius 3 is 2.65 bits per heavy atom. The van der Waals surface area contributed by atoms with Crippen LogP contribution in [0.4, 0.5) is 0 Å². The Morgan fingerprint density at radius 2 is 1.85 bits per heavy atom. The van der Waals surface area contributed by atoms with E-state index in [1.54, 1.807) is 0 Å². The summed E-state index contributed by atoms with van der Waals surface area (Å²) in [5, 5.41) is 0. The van der Waals surface area contributed by atoms with Gasteiger partial charge in [-0.3, -0.25) is 9.69 Å². The van der Waals surface area contributed by atoms with Crippen molar-refractivity contribution in [3.05, 3.63) is 23.8 Å². The van der Waals surface area contributed by atoms with E-state index in [1.807, 2.05) is 6.07 Å². The van der Waals surface area contributed by atoms with E-state index in [4.69, 9.17) is 9.47 Å². The summed E-state index contributed by atoms with van der Waals surface area (Å²) in [5.41, 5.74) is 1.28. The molecule has 0 aliphatic carbocycles. The summed E-state index contributed by atoms with van der Waals surface area (Å²) < 4.78 is 10.8. The van der Waals surface area contributed by atoms with Crippen molar-refractivity contribution in [3.63, 3.8) is 0 Å². The fourth-order valence-corrected chi connectivity index (χ4v) is 3.78. The molecule has 20 heavy (non-hydrogen) atoms. The summed E-state index contributed by atoms with van der Waals surface area (Å²) in [6, 6.07) is 7.18. The van der Waals surface area contributed by atoms with Crippen LogP contribution in [0.25, 0.3) is 0 Å². The number of nitrogens with zero attached hydrogens (tertiary/aromatic N) is 1. The molecular formula is C16H19NO3. The van der Waals surface area contributed by atoms with Crippen LogP contribution in [0, 0.1) is 0 Å².